The van der Waals surface area contributed by atoms with Gasteiger partial charge in [-0.3, -0.25) is 0 Å². The summed E-state index contributed by atoms with van der Waals surface area (Å²) in [6.45, 7) is 5.47. The minimum Gasteiger partial charge on any atom is -0.381 e. The van der Waals surface area contributed by atoms with Gasteiger partial charge in [-0.25, -0.2) is 0 Å². The van der Waals surface area contributed by atoms with Gasteiger partial charge >= 0.3 is 0 Å². The first-order valence-electron chi connectivity index (χ1n) is 7.71. The van der Waals surface area contributed by atoms with Gasteiger partial charge in [0.15, 0.2) is 0 Å². The largest absolute Gasteiger partial charge is 0.381 e. The lowest BCUT2D eigenvalue weighted by atomic mass is 9.78. The van der Waals surface area contributed by atoms with Crippen LogP contribution in [0.25, 0.3) is 0 Å². The van der Waals surface area contributed by atoms with Crippen LogP contribution in [0.2, 0.25) is 0 Å². The van der Waals surface area contributed by atoms with Crippen molar-refractivity contribution >= 4 is 0 Å². The Bertz CT molecular complexity index is 193. The third-order valence-electron chi connectivity index (χ3n) is 4.55. The molecule has 1 aliphatic carbocycles. The Hall–Kier alpha value is -0.0800. The first-order chi connectivity index (χ1) is 8.40. The van der Waals surface area contributed by atoms with Gasteiger partial charge in [0.25, 0.3) is 0 Å². The molecule has 100 valence electrons. The Morgan fingerprint density at radius 1 is 1.12 bits per heavy atom. The summed E-state index contributed by atoms with van der Waals surface area (Å²) in [5, 5.41) is 3.67. The maximum Gasteiger partial charge on any atom is 0.0494 e. The van der Waals surface area contributed by atoms with Crippen LogP contribution in [-0.2, 0) is 4.74 Å². The van der Waals surface area contributed by atoms with Crippen LogP contribution in [0.15, 0.2) is 0 Å². The van der Waals surface area contributed by atoms with E-state index in [1.165, 1.54) is 57.9 Å². The Morgan fingerprint density at radius 2 is 1.94 bits per heavy atom. The molecule has 0 aromatic rings. The highest BCUT2D eigenvalue weighted by Gasteiger charge is 2.28. The molecule has 0 radical (unpaired) electrons. The van der Waals surface area contributed by atoms with Crippen molar-refractivity contribution in [3.8, 4) is 0 Å². The summed E-state index contributed by atoms with van der Waals surface area (Å²) < 4.78 is 5.76. The molecule has 1 atom stereocenters. The van der Waals surface area contributed by atoms with E-state index in [0.717, 1.165) is 31.1 Å². The average molecular weight is 239 g/mol. The summed E-state index contributed by atoms with van der Waals surface area (Å²) in [4.78, 5) is 0. The predicted octanol–water partition coefficient (Wildman–Crippen LogP) is 3.36. The molecule has 0 aromatic carbocycles. The third-order valence-corrected chi connectivity index (χ3v) is 4.55. The SMILES string of the molecule is CCCCOCC1CCC([C@H]2CCCN2)CC1. The Labute approximate surface area is 107 Å². The Morgan fingerprint density at radius 3 is 2.59 bits per heavy atom. The van der Waals surface area contributed by atoms with Gasteiger partial charge in [-0.1, -0.05) is 13.3 Å². The highest BCUT2D eigenvalue weighted by molar-refractivity contribution is 4.85. The molecule has 0 aromatic heterocycles. The molecular formula is C15H29NO. The van der Waals surface area contributed by atoms with Crippen molar-refractivity contribution in [3.63, 3.8) is 0 Å². The van der Waals surface area contributed by atoms with Gasteiger partial charge in [-0.2, -0.15) is 0 Å². The Kier molecular flexibility index (Phi) is 5.79. The number of hydrogen-bond donors (Lipinski definition) is 1. The highest BCUT2D eigenvalue weighted by atomic mass is 16.5. The fourth-order valence-corrected chi connectivity index (χ4v) is 3.37. The smallest absolute Gasteiger partial charge is 0.0494 e. The van der Waals surface area contributed by atoms with Crippen LogP contribution in [0.1, 0.15) is 58.3 Å². The summed E-state index contributed by atoms with van der Waals surface area (Å²) >= 11 is 0. The van der Waals surface area contributed by atoms with Crippen molar-refractivity contribution < 1.29 is 4.74 Å². The lowest BCUT2D eigenvalue weighted by molar-refractivity contribution is 0.0727. The molecule has 0 bridgehead atoms. The van der Waals surface area contributed by atoms with E-state index in [4.69, 9.17) is 4.74 Å². The van der Waals surface area contributed by atoms with Crippen molar-refractivity contribution in [3.05, 3.63) is 0 Å². The molecule has 0 spiro atoms. The molecule has 1 saturated carbocycles. The molecule has 2 fully saturated rings. The van der Waals surface area contributed by atoms with E-state index in [9.17, 15) is 0 Å². The molecule has 1 N–H and O–H groups in total. The zero-order valence-electron chi connectivity index (χ0n) is 11.4. The third kappa shape index (κ3) is 4.26. The Balaban J connectivity index is 1.57. The van der Waals surface area contributed by atoms with Gasteiger partial charge in [0.1, 0.15) is 0 Å². The van der Waals surface area contributed by atoms with Crippen LogP contribution in [0, 0.1) is 11.8 Å². The quantitative estimate of drug-likeness (QED) is 0.718. The van der Waals surface area contributed by atoms with Crippen LogP contribution in [0.4, 0.5) is 0 Å². The second-order valence-corrected chi connectivity index (χ2v) is 5.91. The van der Waals surface area contributed by atoms with Crippen LogP contribution in [-0.4, -0.2) is 25.8 Å². The molecule has 2 heteroatoms. The van der Waals surface area contributed by atoms with Crippen LogP contribution >= 0.6 is 0 Å². The van der Waals surface area contributed by atoms with Crippen molar-refractivity contribution in [2.75, 3.05) is 19.8 Å². The zero-order chi connectivity index (χ0) is 11.9. The summed E-state index contributed by atoms with van der Waals surface area (Å²) in [5.74, 6) is 1.81. The van der Waals surface area contributed by atoms with E-state index in [-0.39, 0.29) is 0 Å². The fraction of sp³-hybridized carbons (Fsp3) is 1.00. The van der Waals surface area contributed by atoms with E-state index >= 15 is 0 Å². The monoisotopic (exact) mass is 239 g/mol. The van der Waals surface area contributed by atoms with Gasteiger partial charge in [0.2, 0.25) is 0 Å². The predicted molar refractivity (Wildman–Crippen MR) is 72.2 cm³/mol. The minimum atomic E-state index is 0.844. The summed E-state index contributed by atoms with van der Waals surface area (Å²) in [5.41, 5.74) is 0. The number of nitrogens with one attached hydrogen (secondary N) is 1. The second kappa shape index (κ2) is 7.38. The standard InChI is InChI=1S/C15H29NO/c1-2-3-11-17-12-13-6-8-14(9-7-13)15-5-4-10-16-15/h13-16H,2-12H2,1H3/t13?,14?,15-/m1/s1. The van der Waals surface area contributed by atoms with Gasteiger partial charge in [-0.15, -0.1) is 0 Å². The fourth-order valence-electron chi connectivity index (χ4n) is 3.37. The van der Waals surface area contributed by atoms with E-state index < -0.39 is 0 Å². The number of hydrogen-bond acceptors (Lipinski definition) is 2. The highest BCUT2D eigenvalue weighted by Crippen LogP contribution is 2.33. The second-order valence-electron chi connectivity index (χ2n) is 5.91. The molecule has 2 rings (SSSR count). The summed E-state index contributed by atoms with van der Waals surface area (Å²) in [6, 6.07) is 0.844. The molecule has 2 aliphatic rings. The van der Waals surface area contributed by atoms with E-state index in [2.05, 4.69) is 12.2 Å². The number of unbranched alkanes of at least 4 members (excludes halogenated alkanes) is 1. The van der Waals surface area contributed by atoms with E-state index in [0.29, 0.717) is 0 Å². The lowest BCUT2D eigenvalue weighted by Gasteiger charge is -2.32. The topological polar surface area (TPSA) is 21.3 Å². The first kappa shape index (κ1) is 13.4. The minimum absolute atomic E-state index is 0.844. The lowest BCUT2D eigenvalue weighted by Crippen LogP contribution is -2.33. The van der Waals surface area contributed by atoms with Crippen molar-refractivity contribution in [2.24, 2.45) is 11.8 Å². The summed E-state index contributed by atoms with van der Waals surface area (Å²) in [6.07, 6.45) is 10.9. The first-order valence-corrected chi connectivity index (χ1v) is 7.71. The van der Waals surface area contributed by atoms with Crippen LogP contribution in [0.3, 0.4) is 0 Å². The van der Waals surface area contributed by atoms with Crippen molar-refractivity contribution in [2.45, 2.75) is 64.3 Å². The van der Waals surface area contributed by atoms with Gasteiger partial charge in [0.05, 0.1) is 0 Å². The molecule has 2 nitrogen and oxygen atoms in total. The normalized spacial score (nSPS) is 34.1. The molecule has 0 amide bonds. The molecule has 1 heterocycles. The number of rotatable bonds is 6. The zero-order valence-corrected chi connectivity index (χ0v) is 11.4. The molecular weight excluding hydrogens is 210 g/mol. The van der Waals surface area contributed by atoms with Gasteiger partial charge < -0.3 is 10.1 Å². The maximum absolute atomic E-state index is 5.76. The molecule has 1 aliphatic heterocycles. The van der Waals surface area contributed by atoms with E-state index in [1.807, 2.05) is 0 Å². The average Bonchev–Trinajstić information content (AvgIpc) is 2.89. The molecule has 0 unspecified atom stereocenters. The van der Waals surface area contributed by atoms with Gasteiger partial charge in [0, 0.05) is 19.3 Å². The maximum atomic E-state index is 5.76. The van der Waals surface area contributed by atoms with Gasteiger partial charge in [-0.05, 0) is 63.3 Å². The number of ether oxygens (including phenoxy) is 1. The van der Waals surface area contributed by atoms with Crippen molar-refractivity contribution in [1.29, 1.82) is 0 Å². The van der Waals surface area contributed by atoms with Crippen LogP contribution in [0.5, 0.6) is 0 Å². The molecule has 17 heavy (non-hydrogen) atoms. The van der Waals surface area contributed by atoms with Crippen LogP contribution < -0.4 is 5.32 Å². The summed E-state index contributed by atoms with van der Waals surface area (Å²) in [7, 11) is 0. The van der Waals surface area contributed by atoms with Crippen molar-refractivity contribution in [1.82, 2.24) is 5.32 Å². The molecule has 1 saturated heterocycles. The van der Waals surface area contributed by atoms with E-state index in [1.54, 1.807) is 0 Å².